The smallest absolute Gasteiger partial charge is 0.164 e. The van der Waals surface area contributed by atoms with Crippen molar-refractivity contribution in [1.82, 2.24) is 19.5 Å². The third-order valence-electron chi connectivity index (χ3n) is 6.71. The number of hydrogen-bond donors (Lipinski definition) is 0. The van der Waals surface area contributed by atoms with Crippen molar-refractivity contribution in [2.24, 2.45) is 0 Å². The molecule has 0 fully saturated rings. The minimum Gasteiger partial charge on any atom is -0.309 e. The van der Waals surface area contributed by atoms with E-state index in [4.69, 9.17) is 15.0 Å². The van der Waals surface area contributed by atoms with Gasteiger partial charge in [0.1, 0.15) is 5.82 Å². The van der Waals surface area contributed by atoms with Crippen LogP contribution in [0.5, 0.6) is 0 Å². The quantitative estimate of drug-likeness (QED) is 0.269. The summed E-state index contributed by atoms with van der Waals surface area (Å²) in [5, 5.41) is 4.69. The van der Waals surface area contributed by atoms with Crippen LogP contribution in [0, 0.1) is 6.92 Å². The molecule has 2 heterocycles. The van der Waals surface area contributed by atoms with E-state index in [1.54, 1.807) is 0 Å². The molecule has 0 saturated heterocycles. The maximum atomic E-state index is 4.99. The summed E-state index contributed by atoms with van der Waals surface area (Å²) in [5.74, 6) is 2.08. The van der Waals surface area contributed by atoms with Crippen LogP contribution >= 0.6 is 0 Å². The highest BCUT2D eigenvalue weighted by Crippen LogP contribution is 2.37. The Hall–Kier alpha value is -4.83. The van der Waals surface area contributed by atoms with Crippen LogP contribution in [0.25, 0.3) is 61.0 Å². The summed E-state index contributed by atoms with van der Waals surface area (Å²) in [6, 6.07) is 40.1. The molecule has 0 atom stereocenters. The number of aromatic nitrogens is 4. The van der Waals surface area contributed by atoms with E-state index in [1.165, 1.54) is 16.2 Å². The molecule has 0 N–H and O–H groups in total. The molecule has 0 unspecified atom stereocenters. The zero-order chi connectivity index (χ0) is 24.1. The summed E-state index contributed by atoms with van der Waals surface area (Å²) >= 11 is 0. The number of rotatable bonds is 3. The predicted molar refractivity (Wildman–Crippen MR) is 147 cm³/mol. The van der Waals surface area contributed by atoms with Crippen LogP contribution in [0.3, 0.4) is 0 Å². The Labute approximate surface area is 208 Å². The lowest BCUT2D eigenvalue weighted by molar-refractivity contribution is 0.993. The van der Waals surface area contributed by atoms with Gasteiger partial charge in [-0.1, -0.05) is 84.9 Å². The normalized spacial score (nSPS) is 11.5. The first kappa shape index (κ1) is 20.5. The number of aryl methyl sites for hydroxylation is 1. The van der Waals surface area contributed by atoms with Gasteiger partial charge in [-0.05, 0) is 48.0 Å². The van der Waals surface area contributed by atoms with Gasteiger partial charge < -0.3 is 4.57 Å². The standard InChI is InChI=1S/C32H22N4/c1-21-33-31(24-19-18-22-10-5-6-11-23(22)20-24)35-32(34-21)27-15-9-17-29-30(27)26-14-7-8-16-28(26)36(29)25-12-3-2-4-13-25/h2-20H,1H3. The average molecular weight is 463 g/mol. The molecular weight excluding hydrogens is 440 g/mol. The molecule has 0 aliphatic rings. The van der Waals surface area contributed by atoms with E-state index in [2.05, 4.69) is 114 Å². The van der Waals surface area contributed by atoms with Crippen molar-refractivity contribution in [2.75, 3.05) is 0 Å². The fourth-order valence-electron chi connectivity index (χ4n) is 5.12. The van der Waals surface area contributed by atoms with Gasteiger partial charge in [-0.2, -0.15) is 0 Å². The van der Waals surface area contributed by atoms with Gasteiger partial charge in [0, 0.05) is 27.6 Å². The van der Waals surface area contributed by atoms with E-state index in [0.717, 1.165) is 33.2 Å². The lowest BCUT2D eigenvalue weighted by Crippen LogP contribution is -2.00. The molecule has 0 bridgehead atoms. The second-order valence-corrected chi connectivity index (χ2v) is 8.98. The molecule has 170 valence electrons. The molecule has 0 amide bonds. The van der Waals surface area contributed by atoms with Crippen LogP contribution in [-0.2, 0) is 0 Å². The van der Waals surface area contributed by atoms with E-state index >= 15 is 0 Å². The van der Waals surface area contributed by atoms with Crippen molar-refractivity contribution in [2.45, 2.75) is 6.92 Å². The Bertz CT molecular complexity index is 1900. The van der Waals surface area contributed by atoms with Gasteiger partial charge >= 0.3 is 0 Å². The number of benzene rings is 5. The summed E-state index contributed by atoms with van der Waals surface area (Å²) < 4.78 is 2.31. The van der Waals surface area contributed by atoms with Gasteiger partial charge in [0.2, 0.25) is 0 Å². The monoisotopic (exact) mass is 462 g/mol. The SMILES string of the molecule is Cc1nc(-c2ccc3ccccc3c2)nc(-c2cccc3c2c2ccccc2n3-c2ccccc2)n1. The minimum absolute atomic E-state index is 0.687. The molecule has 7 rings (SSSR count). The second-order valence-electron chi connectivity index (χ2n) is 8.98. The van der Waals surface area contributed by atoms with Crippen LogP contribution in [0.4, 0.5) is 0 Å². The molecule has 0 aliphatic heterocycles. The van der Waals surface area contributed by atoms with Crippen LogP contribution < -0.4 is 0 Å². The molecule has 4 nitrogen and oxygen atoms in total. The van der Waals surface area contributed by atoms with E-state index in [-0.39, 0.29) is 0 Å². The molecule has 7 aromatic rings. The summed E-state index contributed by atoms with van der Waals surface area (Å²) in [7, 11) is 0. The second kappa shape index (κ2) is 8.14. The van der Waals surface area contributed by atoms with Crippen LogP contribution in [-0.4, -0.2) is 19.5 Å². The van der Waals surface area contributed by atoms with Gasteiger partial charge in [-0.3, -0.25) is 0 Å². The maximum absolute atomic E-state index is 4.99. The van der Waals surface area contributed by atoms with Gasteiger partial charge in [0.25, 0.3) is 0 Å². The highest BCUT2D eigenvalue weighted by molar-refractivity contribution is 6.15. The van der Waals surface area contributed by atoms with Crippen LogP contribution in [0.2, 0.25) is 0 Å². The third-order valence-corrected chi connectivity index (χ3v) is 6.71. The van der Waals surface area contributed by atoms with E-state index in [9.17, 15) is 0 Å². The number of fused-ring (bicyclic) bond motifs is 4. The fourth-order valence-corrected chi connectivity index (χ4v) is 5.12. The summed E-state index contributed by atoms with van der Waals surface area (Å²) in [4.78, 5) is 14.5. The largest absolute Gasteiger partial charge is 0.309 e. The first-order valence-corrected chi connectivity index (χ1v) is 12.1. The molecule has 4 heteroatoms. The Morgan fingerprint density at radius 3 is 2.17 bits per heavy atom. The molecule has 5 aromatic carbocycles. The first-order chi connectivity index (χ1) is 17.8. The van der Waals surface area contributed by atoms with Crippen molar-refractivity contribution >= 4 is 32.6 Å². The highest BCUT2D eigenvalue weighted by Gasteiger charge is 2.18. The Balaban J connectivity index is 1.49. The first-order valence-electron chi connectivity index (χ1n) is 12.1. The molecule has 0 spiro atoms. The van der Waals surface area contributed by atoms with Crippen LogP contribution in [0.1, 0.15) is 5.82 Å². The van der Waals surface area contributed by atoms with E-state index in [1.807, 2.05) is 13.0 Å². The molecule has 0 radical (unpaired) electrons. The average Bonchev–Trinajstić information content (AvgIpc) is 3.27. The highest BCUT2D eigenvalue weighted by atomic mass is 15.0. The third kappa shape index (κ3) is 3.27. The topological polar surface area (TPSA) is 43.6 Å². The molecule has 0 aliphatic carbocycles. The molecule has 36 heavy (non-hydrogen) atoms. The zero-order valence-electron chi connectivity index (χ0n) is 19.8. The fraction of sp³-hybridized carbons (Fsp3) is 0.0312. The van der Waals surface area contributed by atoms with Gasteiger partial charge in [-0.25, -0.2) is 15.0 Å². The molecule has 2 aromatic heterocycles. The zero-order valence-corrected chi connectivity index (χ0v) is 19.8. The predicted octanol–water partition coefficient (Wildman–Crippen LogP) is 7.76. The Morgan fingerprint density at radius 2 is 1.28 bits per heavy atom. The number of para-hydroxylation sites is 2. The summed E-state index contributed by atoms with van der Waals surface area (Å²) in [5.41, 5.74) is 5.41. The van der Waals surface area contributed by atoms with E-state index < -0.39 is 0 Å². The number of nitrogens with zero attached hydrogens (tertiary/aromatic N) is 4. The maximum Gasteiger partial charge on any atom is 0.164 e. The van der Waals surface area contributed by atoms with Crippen molar-refractivity contribution in [1.29, 1.82) is 0 Å². The number of hydrogen-bond acceptors (Lipinski definition) is 3. The Morgan fingerprint density at radius 1 is 0.556 bits per heavy atom. The lowest BCUT2D eigenvalue weighted by Gasteiger charge is -2.09. The van der Waals surface area contributed by atoms with Gasteiger partial charge in [0.15, 0.2) is 11.6 Å². The van der Waals surface area contributed by atoms with Crippen molar-refractivity contribution in [3.05, 3.63) is 121 Å². The van der Waals surface area contributed by atoms with Gasteiger partial charge in [0.05, 0.1) is 11.0 Å². The van der Waals surface area contributed by atoms with Crippen molar-refractivity contribution in [3.8, 4) is 28.5 Å². The van der Waals surface area contributed by atoms with Crippen LogP contribution in [0.15, 0.2) is 115 Å². The molecular formula is C32H22N4. The molecule has 0 saturated carbocycles. The summed E-state index contributed by atoms with van der Waals surface area (Å²) in [6.45, 7) is 1.93. The van der Waals surface area contributed by atoms with E-state index in [0.29, 0.717) is 17.5 Å². The van der Waals surface area contributed by atoms with Crippen molar-refractivity contribution < 1.29 is 0 Å². The summed E-state index contributed by atoms with van der Waals surface area (Å²) in [6.07, 6.45) is 0. The van der Waals surface area contributed by atoms with Crippen molar-refractivity contribution in [3.63, 3.8) is 0 Å². The minimum atomic E-state index is 0.687. The van der Waals surface area contributed by atoms with Gasteiger partial charge in [-0.15, -0.1) is 0 Å². The Kier molecular flexibility index (Phi) is 4.64. The lowest BCUT2D eigenvalue weighted by atomic mass is 10.0.